The minimum absolute atomic E-state index is 0.0282. The Morgan fingerprint density at radius 3 is 2.71 bits per heavy atom. The van der Waals surface area contributed by atoms with Crippen molar-refractivity contribution in [2.45, 2.75) is 6.42 Å². The van der Waals surface area contributed by atoms with E-state index in [0.29, 0.717) is 36.8 Å². The number of carbonyl (C=O) groups excluding carboxylic acids is 2. The summed E-state index contributed by atoms with van der Waals surface area (Å²) in [5.41, 5.74) is 6.26. The van der Waals surface area contributed by atoms with E-state index >= 15 is 0 Å². The summed E-state index contributed by atoms with van der Waals surface area (Å²) in [5, 5.41) is 2.72. The van der Waals surface area contributed by atoms with Crippen LogP contribution in [0, 0.1) is 0 Å². The van der Waals surface area contributed by atoms with Crippen molar-refractivity contribution in [3.63, 3.8) is 0 Å². The molecule has 7 heteroatoms. The van der Waals surface area contributed by atoms with Gasteiger partial charge in [0.15, 0.2) is 6.61 Å². The third-order valence-corrected chi connectivity index (χ3v) is 3.40. The van der Waals surface area contributed by atoms with Crippen LogP contribution in [0.5, 0.6) is 5.75 Å². The molecule has 0 bridgehead atoms. The lowest BCUT2D eigenvalue weighted by Gasteiger charge is -2.19. The molecule has 112 valence electrons. The number of benzene rings is 1. The van der Waals surface area contributed by atoms with E-state index in [4.69, 9.17) is 22.7 Å². The summed E-state index contributed by atoms with van der Waals surface area (Å²) in [6.07, 6.45) is 0.328. The van der Waals surface area contributed by atoms with Crippen molar-refractivity contribution in [1.82, 2.24) is 10.2 Å². The molecule has 3 N–H and O–H groups in total. The molecule has 1 heterocycles. The third-order valence-electron chi connectivity index (χ3n) is 3.17. The van der Waals surface area contributed by atoms with Gasteiger partial charge in [-0.3, -0.25) is 9.59 Å². The molecule has 0 spiro atoms. The van der Waals surface area contributed by atoms with Gasteiger partial charge in [-0.25, -0.2) is 0 Å². The first-order chi connectivity index (χ1) is 10.1. The van der Waals surface area contributed by atoms with Crippen LogP contribution in [0.2, 0.25) is 0 Å². The van der Waals surface area contributed by atoms with Gasteiger partial charge in [0.25, 0.3) is 5.91 Å². The van der Waals surface area contributed by atoms with Gasteiger partial charge in [-0.15, -0.1) is 0 Å². The average molecular weight is 307 g/mol. The van der Waals surface area contributed by atoms with Crippen LogP contribution < -0.4 is 15.8 Å². The molecule has 21 heavy (non-hydrogen) atoms. The lowest BCUT2D eigenvalue weighted by atomic mass is 10.2. The number of hydrogen-bond donors (Lipinski definition) is 2. The standard InChI is InChI=1S/C14H17N3O3S/c15-14(21)10-1-3-11(4-2-10)20-9-13(19)17-7-5-12(18)16-6-8-17/h1-4H,5-9H2,(H2,15,21)(H,16,18). The molecular formula is C14H17N3O3S. The first kappa shape index (κ1) is 15.2. The van der Waals surface area contributed by atoms with Crippen LogP contribution in [-0.2, 0) is 9.59 Å². The maximum absolute atomic E-state index is 12.0. The normalized spacial score (nSPS) is 15.0. The maximum Gasteiger partial charge on any atom is 0.260 e. The van der Waals surface area contributed by atoms with Crippen molar-refractivity contribution in [3.8, 4) is 5.75 Å². The molecule has 1 fully saturated rings. The van der Waals surface area contributed by atoms with Crippen LogP contribution >= 0.6 is 12.2 Å². The van der Waals surface area contributed by atoms with Gasteiger partial charge >= 0.3 is 0 Å². The third kappa shape index (κ3) is 4.42. The van der Waals surface area contributed by atoms with Crippen LogP contribution in [0.25, 0.3) is 0 Å². The zero-order valence-electron chi connectivity index (χ0n) is 11.5. The number of nitrogens with zero attached hydrogens (tertiary/aromatic N) is 1. The smallest absolute Gasteiger partial charge is 0.260 e. The Kier molecular flexibility index (Phi) is 5.10. The van der Waals surface area contributed by atoms with Crippen LogP contribution in [0.15, 0.2) is 24.3 Å². The number of amides is 2. The number of rotatable bonds is 4. The zero-order chi connectivity index (χ0) is 15.2. The van der Waals surface area contributed by atoms with Crippen LogP contribution in [0.3, 0.4) is 0 Å². The molecule has 0 atom stereocenters. The molecule has 2 rings (SSSR count). The molecule has 2 amide bonds. The summed E-state index contributed by atoms with van der Waals surface area (Å²) in [5.74, 6) is 0.414. The first-order valence-electron chi connectivity index (χ1n) is 6.63. The monoisotopic (exact) mass is 307 g/mol. The Labute approximate surface area is 128 Å². The van der Waals surface area contributed by atoms with Gasteiger partial charge in [-0.05, 0) is 24.3 Å². The van der Waals surface area contributed by atoms with E-state index in [1.54, 1.807) is 29.2 Å². The molecule has 0 aromatic heterocycles. The Balaban J connectivity index is 1.85. The fourth-order valence-corrected chi connectivity index (χ4v) is 2.10. The molecule has 1 saturated heterocycles. The van der Waals surface area contributed by atoms with Gasteiger partial charge in [0.2, 0.25) is 5.91 Å². The second-order valence-electron chi connectivity index (χ2n) is 4.66. The predicted octanol–water partition coefficient (Wildman–Crippen LogP) is 0.0481. The minimum atomic E-state index is -0.134. The Bertz CT molecular complexity index is 545. The van der Waals surface area contributed by atoms with Crippen molar-refractivity contribution in [3.05, 3.63) is 29.8 Å². The Hall–Kier alpha value is -2.15. The van der Waals surface area contributed by atoms with E-state index in [2.05, 4.69) is 5.32 Å². The molecule has 0 saturated carbocycles. The highest BCUT2D eigenvalue weighted by Crippen LogP contribution is 2.12. The topological polar surface area (TPSA) is 84.7 Å². The Morgan fingerprint density at radius 2 is 2.05 bits per heavy atom. The quantitative estimate of drug-likeness (QED) is 0.768. The van der Waals surface area contributed by atoms with Crippen molar-refractivity contribution < 1.29 is 14.3 Å². The summed E-state index contributed by atoms with van der Waals surface area (Å²) in [4.78, 5) is 25.2. The number of hydrogen-bond acceptors (Lipinski definition) is 4. The molecular weight excluding hydrogens is 290 g/mol. The van der Waals surface area contributed by atoms with E-state index in [1.165, 1.54) is 0 Å². The minimum Gasteiger partial charge on any atom is -0.484 e. The number of ether oxygens (including phenoxy) is 1. The van der Waals surface area contributed by atoms with E-state index in [0.717, 1.165) is 5.56 Å². The highest BCUT2D eigenvalue weighted by Gasteiger charge is 2.18. The number of thiocarbonyl (C=S) groups is 1. The molecule has 1 aliphatic heterocycles. The van der Waals surface area contributed by atoms with Gasteiger partial charge < -0.3 is 20.7 Å². The van der Waals surface area contributed by atoms with E-state index in [-0.39, 0.29) is 18.4 Å². The van der Waals surface area contributed by atoms with Crippen molar-refractivity contribution in [2.24, 2.45) is 5.73 Å². The van der Waals surface area contributed by atoms with E-state index in [9.17, 15) is 9.59 Å². The fourth-order valence-electron chi connectivity index (χ4n) is 1.97. The van der Waals surface area contributed by atoms with Crippen LogP contribution in [-0.4, -0.2) is 47.9 Å². The fraction of sp³-hybridized carbons (Fsp3) is 0.357. The highest BCUT2D eigenvalue weighted by atomic mass is 32.1. The maximum atomic E-state index is 12.0. The second kappa shape index (κ2) is 7.03. The molecule has 1 aromatic carbocycles. The molecule has 0 aliphatic carbocycles. The van der Waals surface area contributed by atoms with Gasteiger partial charge in [0.05, 0.1) is 0 Å². The average Bonchev–Trinajstić information content (AvgIpc) is 2.70. The summed E-state index contributed by atoms with van der Waals surface area (Å²) < 4.78 is 5.44. The van der Waals surface area contributed by atoms with Gasteiger partial charge in [0.1, 0.15) is 10.7 Å². The van der Waals surface area contributed by atoms with Crippen LogP contribution in [0.4, 0.5) is 0 Å². The summed E-state index contributed by atoms with van der Waals surface area (Å²) in [6.45, 7) is 1.36. The second-order valence-corrected chi connectivity index (χ2v) is 5.10. The summed E-state index contributed by atoms with van der Waals surface area (Å²) >= 11 is 4.86. The molecule has 0 unspecified atom stereocenters. The summed E-state index contributed by atoms with van der Waals surface area (Å²) in [6, 6.07) is 6.93. The van der Waals surface area contributed by atoms with Crippen LogP contribution in [0.1, 0.15) is 12.0 Å². The van der Waals surface area contributed by atoms with Gasteiger partial charge in [-0.2, -0.15) is 0 Å². The molecule has 0 radical (unpaired) electrons. The largest absolute Gasteiger partial charge is 0.484 e. The Morgan fingerprint density at radius 1 is 1.33 bits per heavy atom. The number of nitrogens with one attached hydrogen (secondary N) is 1. The lowest BCUT2D eigenvalue weighted by Crippen LogP contribution is -2.37. The van der Waals surface area contributed by atoms with Crippen molar-refractivity contribution >= 4 is 29.0 Å². The molecule has 1 aromatic rings. The SMILES string of the molecule is NC(=S)c1ccc(OCC(=O)N2CCNC(=O)CC2)cc1. The first-order valence-corrected chi connectivity index (χ1v) is 7.04. The number of carbonyl (C=O) groups is 2. The van der Waals surface area contributed by atoms with Gasteiger partial charge in [0, 0.05) is 31.6 Å². The highest BCUT2D eigenvalue weighted by molar-refractivity contribution is 7.80. The van der Waals surface area contributed by atoms with Crippen molar-refractivity contribution in [2.75, 3.05) is 26.2 Å². The van der Waals surface area contributed by atoms with Gasteiger partial charge in [-0.1, -0.05) is 12.2 Å². The summed E-state index contributed by atoms with van der Waals surface area (Å²) in [7, 11) is 0. The predicted molar refractivity (Wildman–Crippen MR) is 82.0 cm³/mol. The number of nitrogens with two attached hydrogens (primary N) is 1. The zero-order valence-corrected chi connectivity index (χ0v) is 12.3. The van der Waals surface area contributed by atoms with E-state index in [1.807, 2.05) is 0 Å². The molecule has 1 aliphatic rings. The molecule has 6 nitrogen and oxygen atoms in total. The van der Waals surface area contributed by atoms with Crippen molar-refractivity contribution in [1.29, 1.82) is 0 Å². The van der Waals surface area contributed by atoms with E-state index < -0.39 is 0 Å². The lowest BCUT2D eigenvalue weighted by molar-refractivity contribution is -0.133.